The first-order valence-electron chi connectivity index (χ1n) is 8.75. The Morgan fingerprint density at radius 1 is 1.04 bits per heavy atom. The highest BCUT2D eigenvalue weighted by Gasteiger charge is 2.33. The molecule has 0 spiro atoms. The molecule has 1 atom stereocenters. The fourth-order valence-corrected chi connectivity index (χ4v) is 2.47. The second-order valence-corrected chi connectivity index (χ2v) is 7.38. The summed E-state index contributed by atoms with van der Waals surface area (Å²) in [5.41, 5.74) is -0.625. The zero-order valence-electron chi connectivity index (χ0n) is 16.1. The van der Waals surface area contributed by atoms with E-state index in [4.69, 9.17) is 9.47 Å². The van der Waals surface area contributed by atoms with Crippen LogP contribution in [0.25, 0.3) is 0 Å². The molecular weight excluding hydrogens is 326 g/mol. The molecule has 1 saturated heterocycles. The van der Waals surface area contributed by atoms with Gasteiger partial charge in [-0.3, -0.25) is 4.79 Å². The van der Waals surface area contributed by atoms with E-state index in [0.717, 1.165) is 0 Å². The number of alkyl carbamates (subject to hydrolysis) is 1. The van der Waals surface area contributed by atoms with Crippen molar-refractivity contribution in [1.82, 2.24) is 15.1 Å². The molecule has 1 rings (SSSR count). The molecule has 1 aliphatic rings. The van der Waals surface area contributed by atoms with Crippen LogP contribution < -0.4 is 5.32 Å². The molecule has 8 heteroatoms. The van der Waals surface area contributed by atoms with Crippen molar-refractivity contribution in [3.05, 3.63) is 0 Å². The molecule has 1 fully saturated rings. The van der Waals surface area contributed by atoms with Gasteiger partial charge in [0.15, 0.2) is 0 Å². The molecule has 8 nitrogen and oxygen atoms in total. The van der Waals surface area contributed by atoms with Crippen LogP contribution in [-0.4, -0.2) is 72.3 Å². The molecule has 0 aromatic heterocycles. The van der Waals surface area contributed by atoms with Crippen LogP contribution in [0.5, 0.6) is 0 Å². The fraction of sp³-hybridized carbons (Fsp3) is 0.824. The first kappa shape index (κ1) is 21.1. The summed E-state index contributed by atoms with van der Waals surface area (Å²) < 4.78 is 10.2. The molecule has 1 aliphatic heterocycles. The molecule has 0 radical (unpaired) electrons. The number of piperazine rings is 1. The monoisotopic (exact) mass is 357 g/mol. The molecule has 0 aromatic rings. The Kier molecular flexibility index (Phi) is 7.51. The van der Waals surface area contributed by atoms with Gasteiger partial charge in [0, 0.05) is 26.2 Å². The second-order valence-electron chi connectivity index (χ2n) is 7.38. The molecule has 0 aliphatic carbocycles. The maximum atomic E-state index is 12.8. The lowest BCUT2D eigenvalue weighted by Crippen LogP contribution is -2.57. The summed E-state index contributed by atoms with van der Waals surface area (Å²) >= 11 is 0. The van der Waals surface area contributed by atoms with Gasteiger partial charge in [0.25, 0.3) is 0 Å². The molecule has 1 N–H and O–H groups in total. The SMILES string of the molecule is CCOC(=O)N1CCN(C(=O)C(NC(=O)OC(C)(C)C)C(C)C)CC1. The molecule has 144 valence electrons. The zero-order chi connectivity index (χ0) is 19.2. The van der Waals surface area contributed by atoms with Gasteiger partial charge in [-0.2, -0.15) is 0 Å². The van der Waals surface area contributed by atoms with E-state index in [1.54, 1.807) is 37.5 Å². The number of ether oxygens (including phenoxy) is 2. The van der Waals surface area contributed by atoms with E-state index in [1.807, 2.05) is 13.8 Å². The van der Waals surface area contributed by atoms with Crippen molar-refractivity contribution in [2.45, 2.75) is 53.2 Å². The highest BCUT2D eigenvalue weighted by atomic mass is 16.6. The third-order valence-electron chi connectivity index (χ3n) is 3.72. The Labute approximate surface area is 149 Å². The molecular formula is C17H31N3O5. The number of amides is 3. The van der Waals surface area contributed by atoms with Crippen LogP contribution in [0.3, 0.4) is 0 Å². The molecule has 0 aromatic carbocycles. The largest absolute Gasteiger partial charge is 0.450 e. The van der Waals surface area contributed by atoms with Gasteiger partial charge < -0.3 is 24.6 Å². The lowest BCUT2D eigenvalue weighted by atomic mass is 10.0. The predicted molar refractivity (Wildman–Crippen MR) is 93.2 cm³/mol. The van der Waals surface area contributed by atoms with Crippen LogP contribution in [0.1, 0.15) is 41.5 Å². The van der Waals surface area contributed by atoms with Gasteiger partial charge in [0.2, 0.25) is 5.91 Å². The number of nitrogens with zero attached hydrogens (tertiary/aromatic N) is 2. The quantitative estimate of drug-likeness (QED) is 0.829. The lowest BCUT2D eigenvalue weighted by molar-refractivity contribution is -0.136. The summed E-state index contributed by atoms with van der Waals surface area (Å²) in [6.45, 7) is 12.8. The molecule has 3 amide bonds. The Hall–Kier alpha value is -1.99. The average Bonchev–Trinajstić information content (AvgIpc) is 2.50. The van der Waals surface area contributed by atoms with Crippen LogP contribution in [0, 0.1) is 5.92 Å². The van der Waals surface area contributed by atoms with Gasteiger partial charge >= 0.3 is 12.2 Å². The number of nitrogens with one attached hydrogen (secondary N) is 1. The predicted octanol–water partition coefficient (Wildman–Crippen LogP) is 1.84. The molecule has 25 heavy (non-hydrogen) atoms. The van der Waals surface area contributed by atoms with Crippen molar-refractivity contribution in [2.24, 2.45) is 5.92 Å². The Morgan fingerprint density at radius 3 is 2.00 bits per heavy atom. The summed E-state index contributed by atoms with van der Waals surface area (Å²) in [5.74, 6) is -0.243. The van der Waals surface area contributed by atoms with E-state index in [0.29, 0.717) is 32.8 Å². The summed E-state index contributed by atoms with van der Waals surface area (Å²) in [6, 6.07) is -0.663. The third kappa shape index (κ3) is 6.80. The summed E-state index contributed by atoms with van der Waals surface area (Å²) in [6.07, 6.45) is -0.966. The second kappa shape index (κ2) is 8.92. The standard InChI is InChI=1S/C17H31N3O5/c1-7-24-16(23)20-10-8-19(9-11-20)14(21)13(12(2)3)18-15(22)25-17(4,5)6/h12-13H,7-11H2,1-6H3,(H,18,22). The minimum Gasteiger partial charge on any atom is -0.450 e. The molecule has 0 saturated carbocycles. The summed E-state index contributed by atoms with van der Waals surface area (Å²) in [4.78, 5) is 39.7. The highest BCUT2D eigenvalue weighted by molar-refractivity contribution is 5.86. The summed E-state index contributed by atoms with van der Waals surface area (Å²) in [5, 5.41) is 2.67. The maximum Gasteiger partial charge on any atom is 0.409 e. The van der Waals surface area contributed by atoms with Crippen LogP contribution in [0.15, 0.2) is 0 Å². The van der Waals surface area contributed by atoms with Crippen LogP contribution in [-0.2, 0) is 14.3 Å². The number of hydrogen-bond acceptors (Lipinski definition) is 5. The number of carbonyl (C=O) groups excluding carboxylic acids is 3. The van der Waals surface area contributed by atoms with Crippen LogP contribution in [0.2, 0.25) is 0 Å². The topological polar surface area (TPSA) is 88.2 Å². The van der Waals surface area contributed by atoms with Crippen LogP contribution >= 0.6 is 0 Å². The van der Waals surface area contributed by atoms with Crippen molar-refractivity contribution >= 4 is 18.1 Å². The Bertz CT molecular complexity index is 479. The van der Waals surface area contributed by atoms with E-state index in [2.05, 4.69) is 5.32 Å². The van der Waals surface area contributed by atoms with E-state index in [1.165, 1.54) is 0 Å². The third-order valence-corrected chi connectivity index (χ3v) is 3.72. The van der Waals surface area contributed by atoms with Crippen molar-refractivity contribution in [3.63, 3.8) is 0 Å². The van der Waals surface area contributed by atoms with Gasteiger partial charge in [-0.05, 0) is 33.6 Å². The van der Waals surface area contributed by atoms with E-state index < -0.39 is 17.7 Å². The van der Waals surface area contributed by atoms with E-state index in [9.17, 15) is 14.4 Å². The first-order chi connectivity index (χ1) is 11.5. The fourth-order valence-electron chi connectivity index (χ4n) is 2.47. The summed E-state index contributed by atoms with van der Waals surface area (Å²) in [7, 11) is 0. The van der Waals surface area contributed by atoms with Crippen molar-refractivity contribution < 1.29 is 23.9 Å². The van der Waals surface area contributed by atoms with Gasteiger partial charge in [0.05, 0.1) is 6.61 Å². The van der Waals surface area contributed by atoms with Gasteiger partial charge in [-0.1, -0.05) is 13.8 Å². The van der Waals surface area contributed by atoms with Crippen LogP contribution in [0.4, 0.5) is 9.59 Å². The minimum atomic E-state index is -0.663. The molecule has 1 unspecified atom stereocenters. The maximum absolute atomic E-state index is 12.8. The Morgan fingerprint density at radius 2 is 1.56 bits per heavy atom. The number of hydrogen-bond donors (Lipinski definition) is 1. The van der Waals surface area contributed by atoms with Crippen molar-refractivity contribution in [3.8, 4) is 0 Å². The van der Waals surface area contributed by atoms with E-state index in [-0.39, 0.29) is 17.9 Å². The minimum absolute atomic E-state index is 0.0805. The van der Waals surface area contributed by atoms with Gasteiger partial charge in [-0.15, -0.1) is 0 Å². The number of carbonyl (C=O) groups is 3. The Balaban J connectivity index is 2.63. The smallest absolute Gasteiger partial charge is 0.409 e. The average molecular weight is 357 g/mol. The highest BCUT2D eigenvalue weighted by Crippen LogP contribution is 2.12. The van der Waals surface area contributed by atoms with Crippen molar-refractivity contribution in [2.75, 3.05) is 32.8 Å². The normalized spacial score (nSPS) is 16.4. The van der Waals surface area contributed by atoms with E-state index >= 15 is 0 Å². The molecule has 1 heterocycles. The number of rotatable bonds is 4. The lowest BCUT2D eigenvalue weighted by Gasteiger charge is -2.36. The molecule has 0 bridgehead atoms. The zero-order valence-corrected chi connectivity index (χ0v) is 16.1. The first-order valence-corrected chi connectivity index (χ1v) is 8.75. The van der Waals surface area contributed by atoms with Gasteiger partial charge in [0.1, 0.15) is 11.6 Å². The van der Waals surface area contributed by atoms with Gasteiger partial charge in [-0.25, -0.2) is 9.59 Å². The van der Waals surface area contributed by atoms with Crippen molar-refractivity contribution in [1.29, 1.82) is 0 Å².